The molecule has 1 aromatic rings. The van der Waals surface area contributed by atoms with Crippen LogP contribution in [0, 0.1) is 10.1 Å². The van der Waals surface area contributed by atoms with E-state index in [1.54, 1.807) is 13.8 Å². The molecule has 1 aliphatic rings. The Bertz CT molecular complexity index is 785. The van der Waals surface area contributed by atoms with E-state index < -0.39 is 14.9 Å². The number of hydrogen-bond acceptors (Lipinski definition) is 5. The van der Waals surface area contributed by atoms with Gasteiger partial charge in [-0.05, 0) is 25.0 Å². The van der Waals surface area contributed by atoms with Crippen molar-refractivity contribution in [2.24, 2.45) is 0 Å². The molecule has 28 heavy (non-hydrogen) atoms. The molecule has 0 heterocycles. The van der Waals surface area contributed by atoms with E-state index in [2.05, 4.69) is 19.4 Å². The third kappa shape index (κ3) is 4.64. The fraction of sp³-hybridized carbons (Fsp3) is 0.684. The predicted octanol–water partition coefficient (Wildman–Crippen LogP) is 1.88. The highest BCUT2D eigenvalue weighted by Gasteiger charge is 2.38. The second-order valence-electron chi connectivity index (χ2n) is 7.72. The summed E-state index contributed by atoms with van der Waals surface area (Å²) in [5, 5.41) is 14.9. The average molecular weight is 414 g/mol. The minimum absolute atomic E-state index is 0.0398. The smallest absolute Gasteiger partial charge is 0.293 e. The first kappa shape index (κ1) is 22.6. The number of rotatable bonds is 9. The lowest BCUT2D eigenvalue weighted by molar-refractivity contribution is -0.915. The van der Waals surface area contributed by atoms with Gasteiger partial charge in [-0.1, -0.05) is 20.3 Å². The van der Waals surface area contributed by atoms with Crippen molar-refractivity contribution in [1.82, 2.24) is 4.31 Å². The monoisotopic (exact) mass is 413 g/mol. The molecule has 0 unspecified atom stereocenters. The summed E-state index contributed by atoms with van der Waals surface area (Å²) < 4.78 is 26.7. The summed E-state index contributed by atoms with van der Waals surface area (Å²) in [4.78, 5) is 12.4. The Labute approximate surface area is 168 Å². The highest BCUT2D eigenvalue weighted by molar-refractivity contribution is 7.89. The van der Waals surface area contributed by atoms with Crippen LogP contribution in [-0.2, 0) is 10.0 Å². The SMILES string of the molecule is CCN(CC)S(=O)(=O)c1ccc(NCC2([NH+](C)C)CCCCC2)c([N+](=O)[O-])c1. The number of anilines is 1. The summed E-state index contributed by atoms with van der Waals surface area (Å²) in [6.07, 6.45) is 5.70. The molecule has 2 N–H and O–H groups in total. The van der Waals surface area contributed by atoms with E-state index in [1.807, 2.05) is 0 Å². The Morgan fingerprint density at radius 2 is 1.79 bits per heavy atom. The molecule has 1 aromatic carbocycles. The number of nitrogens with zero attached hydrogens (tertiary/aromatic N) is 2. The number of hydrogen-bond donors (Lipinski definition) is 2. The van der Waals surface area contributed by atoms with Crippen molar-refractivity contribution in [3.8, 4) is 0 Å². The number of nitro groups is 1. The van der Waals surface area contributed by atoms with Gasteiger partial charge in [-0.3, -0.25) is 10.1 Å². The Morgan fingerprint density at radius 1 is 1.18 bits per heavy atom. The summed E-state index contributed by atoms with van der Waals surface area (Å²) in [5.74, 6) is 0. The van der Waals surface area contributed by atoms with Crippen molar-refractivity contribution in [2.75, 3.05) is 39.0 Å². The molecule has 0 radical (unpaired) electrons. The van der Waals surface area contributed by atoms with E-state index in [-0.39, 0.29) is 16.1 Å². The molecule has 1 fully saturated rings. The van der Waals surface area contributed by atoms with Gasteiger partial charge in [0.1, 0.15) is 11.2 Å². The number of nitro benzene ring substituents is 1. The molecule has 0 amide bonds. The van der Waals surface area contributed by atoms with Crippen LogP contribution in [-0.4, -0.2) is 56.9 Å². The number of sulfonamides is 1. The fourth-order valence-electron chi connectivity index (χ4n) is 4.03. The van der Waals surface area contributed by atoms with Gasteiger partial charge in [0.2, 0.25) is 10.0 Å². The second-order valence-corrected chi connectivity index (χ2v) is 9.66. The van der Waals surface area contributed by atoms with Gasteiger partial charge in [0.05, 0.1) is 30.5 Å². The van der Waals surface area contributed by atoms with Gasteiger partial charge in [0.15, 0.2) is 0 Å². The topological polar surface area (TPSA) is 97.0 Å². The summed E-state index contributed by atoms with van der Waals surface area (Å²) in [7, 11) is 0.514. The third-order valence-electron chi connectivity index (χ3n) is 6.00. The molecule has 0 aliphatic heterocycles. The molecule has 0 aromatic heterocycles. The normalized spacial score (nSPS) is 17.1. The number of quaternary nitrogens is 1. The summed E-state index contributed by atoms with van der Waals surface area (Å²) >= 11 is 0. The Hall–Kier alpha value is -1.71. The van der Waals surface area contributed by atoms with Crippen LogP contribution in [0.1, 0.15) is 46.0 Å². The van der Waals surface area contributed by atoms with Crippen LogP contribution in [0.4, 0.5) is 11.4 Å². The first-order chi connectivity index (χ1) is 13.2. The Morgan fingerprint density at radius 3 is 2.29 bits per heavy atom. The maximum Gasteiger partial charge on any atom is 0.293 e. The van der Waals surface area contributed by atoms with Crippen molar-refractivity contribution in [1.29, 1.82) is 0 Å². The number of benzene rings is 1. The van der Waals surface area contributed by atoms with Crippen LogP contribution < -0.4 is 10.2 Å². The highest BCUT2D eigenvalue weighted by Crippen LogP contribution is 2.31. The van der Waals surface area contributed by atoms with Gasteiger partial charge < -0.3 is 10.2 Å². The largest absolute Gasteiger partial charge is 0.373 e. The molecule has 9 heteroatoms. The molecule has 0 atom stereocenters. The molecule has 8 nitrogen and oxygen atoms in total. The van der Waals surface area contributed by atoms with E-state index in [0.717, 1.165) is 25.7 Å². The van der Waals surface area contributed by atoms with Gasteiger partial charge >= 0.3 is 0 Å². The minimum atomic E-state index is -3.74. The zero-order valence-corrected chi connectivity index (χ0v) is 18.1. The summed E-state index contributed by atoms with van der Waals surface area (Å²) in [6.45, 7) is 4.76. The molecule has 2 rings (SSSR count). The van der Waals surface area contributed by atoms with Crippen LogP contribution in [0.15, 0.2) is 23.1 Å². The van der Waals surface area contributed by atoms with Crippen molar-refractivity contribution in [3.63, 3.8) is 0 Å². The minimum Gasteiger partial charge on any atom is -0.373 e. The first-order valence-electron chi connectivity index (χ1n) is 10.0. The number of likely N-dealkylation sites (N-methyl/N-ethyl adjacent to an activating group) is 1. The zero-order valence-electron chi connectivity index (χ0n) is 17.3. The van der Waals surface area contributed by atoms with Crippen LogP contribution in [0.2, 0.25) is 0 Å². The molecule has 158 valence electrons. The first-order valence-corrected chi connectivity index (χ1v) is 11.4. The zero-order chi connectivity index (χ0) is 20.9. The van der Waals surface area contributed by atoms with Crippen molar-refractivity contribution in [3.05, 3.63) is 28.3 Å². The lowest BCUT2D eigenvalue weighted by atomic mass is 9.80. The van der Waals surface area contributed by atoms with Crippen LogP contribution in [0.25, 0.3) is 0 Å². The Balaban J connectivity index is 2.32. The molecular weight excluding hydrogens is 380 g/mol. The molecule has 0 spiro atoms. The van der Waals surface area contributed by atoms with E-state index in [1.165, 1.54) is 33.8 Å². The Kier molecular flexibility index (Phi) is 7.41. The van der Waals surface area contributed by atoms with Gasteiger partial charge in [-0.15, -0.1) is 0 Å². The van der Waals surface area contributed by atoms with E-state index in [4.69, 9.17) is 0 Å². The molecule has 0 saturated heterocycles. The van der Waals surface area contributed by atoms with E-state index >= 15 is 0 Å². The predicted molar refractivity (Wildman–Crippen MR) is 110 cm³/mol. The van der Waals surface area contributed by atoms with Gasteiger partial charge in [-0.2, -0.15) is 4.31 Å². The fourth-order valence-corrected chi connectivity index (χ4v) is 5.51. The maximum atomic E-state index is 12.7. The quantitative estimate of drug-likeness (QED) is 0.476. The average Bonchev–Trinajstić information content (AvgIpc) is 2.67. The molecule has 1 aliphatic carbocycles. The third-order valence-corrected chi connectivity index (χ3v) is 8.04. The summed E-state index contributed by atoms with van der Waals surface area (Å²) in [6, 6.07) is 4.15. The van der Waals surface area contributed by atoms with Crippen LogP contribution in [0.3, 0.4) is 0 Å². The van der Waals surface area contributed by atoms with Gasteiger partial charge in [-0.25, -0.2) is 8.42 Å². The van der Waals surface area contributed by atoms with Crippen molar-refractivity contribution in [2.45, 2.75) is 56.4 Å². The van der Waals surface area contributed by atoms with Crippen molar-refractivity contribution < 1.29 is 18.2 Å². The van der Waals surface area contributed by atoms with Gasteiger partial charge in [0, 0.05) is 32.0 Å². The highest BCUT2D eigenvalue weighted by atomic mass is 32.2. The molecule has 1 saturated carbocycles. The van der Waals surface area contributed by atoms with Crippen molar-refractivity contribution >= 4 is 21.4 Å². The van der Waals surface area contributed by atoms with Crippen LogP contribution >= 0.6 is 0 Å². The maximum absolute atomic E-state index is 12.7. The van der Waals surface area contributed by atoms with E-state index in [0.29, 0.717) is 25.3 Å². The number of nitrogens with one attached hydrogen (secondary N) is 2. The standard InChI is InChI=1S/C19H32N4O4S/c1-5-22(6-2)28(26,27)16-10-11-17(18(14-16)23(24)25)20-15-19(21(3)4)12-8-7-9-13-19/h10-11,14,20H,5-9,12-13,15H2,1-4H3/p+1. The van der Waals surface area contributed by atoms with E-state index in [9.17, 15) is 18.5 Å². The second kappa shape index (κ2) is 9.19. The molecule has 0 bridgehead atoms. The van der Waals surface area contributed by atoms with Gasteiger partial charge in [0.25, 0.3) is 5.69 Å². The summed E-state index contributed by atoms with van der Waals surface area (Å²) in [5.41, 5.74) is 0.209. The van der Waals surface area contributed by atoms with Crippen LogP contribution in [0.5, 0.6) is 0 Å². The molecular formula is C19H33N4O4S+. The lowest BCUT2D eigenvalue weighted by Crippen LogP contribution is -3.16. The lowest BCUT2D eigenvalue weighted by Gasteiger charge is -2.40.